The Bertz CT molecular complexity index is 165. The molecule has 0 radical (unpaired) electrons. The van der Waals surface area contributed by atoms with Crippen LogP contribution in [0.4, 0.5) is 0 Å². The molecule has 0 rings (SSSR count). The normalized spacial score (nSPS) is 10.5. The molecular weight excluding hydrogens is 164 g/mol. The zero-order chi connectivity index (χ0) is 8.85. The van der Waals surface area contributed by atoms with Gasteiger partial charge in [0.05, 0.1) is 5.97 Å². The van der Waals surface area contributed by atoms with Crippen LogP contribution in [0.5, 0.6) is 0 Å². The molecule has 0 aromatic rings. The molecule has 0 aromatic heterocycles. The Balaban J connectivity index is -0.000000500. The van der Waals surface area contributed by atoms with Crippen molar-refractivity contribution in [1.29, 1.82) is 0 Å². The van der Waals surface area contributed by atoms with Gasteiger partial charge in [0.25, 0.3) is 0 Å². The number of carbonyl (C=O) groups excluding carboxylic acids is 2. The van der Waals surface area contributed by atoms with Crippen LogP contribution in [0.1, 0.15) is 19.3 Å². The molecule has 7 heteroatoms. The molecule has 0 heterocycles. The maximum absolute atomic E-state index is 9.98. The van der Waals surface area contributed by atoms with E-state index in [1.165, 1.54) is 0 Å². The van der Waals surface area contributed by atoms with Gasteiger partial charge >= 0.3 is 37.7 Å². The summed E-state index contributed by atoms with van der Waals surface area (Å²) in [5, 5.41) is 19.8. The van der Waals surface area contributed by atoms with Crippen molar-refractivity contribution in [3.8, 4) is 0 Å². The quantitative estimate of drug-likeness (QED) is 0.415. The molecule has 0 amide bonds. The van der Waals surface area contributed by atoms with Gasteiger partial charge in [-0.25, -0.2) is 0 Å². The summed E-state index contributed by atoms with van der Waals surface area (Å²) >= 11 is 0. The number of carbonyl (C=O) groups is 2. The number of hydrogen-bond donors (Lipinski definition) is 1. The number of carboxylic acids is 2. The third-order valence-electron chi connectivity index (χ3n) is 1.20. The molecule has 5 nitrogen and oxygen atoms in total. The first-order chi connectivity index (χ1) is 5.04. The van der Waals surface area contributed by atoms with Crippen molar-refractivity contribution in [2.45, 2.75) is 25.3 Å². The van der Waals surface area contributed by atoms with E-state index in [9.17, 15) is 19.8 Å². The average Bonchev–Trinajstić information content (AvgIpc) is 1.86. The third-order valence-corrected chi connectivity index (χ3v) is 1.20. The molecule has 0 saturated carbocycles. The standard InChI is InChI=1S/C6H11NO4.2Li/c7-4(6(10)11)2-1-3-5(8)9;;/h4H,1-3,7H2,(H,8,9)(H,10,11);;/q;2*+1/p-2. The zero-order valence-electron chi connectivity index (χ0n) is 7.91. The molecule has 1 unspecified atom stereocenters. The minimum atomic E-state index is -1.36. The van der Waals surface area contributed by atoms with Gasteiger partial charge in [0.15, 0.2) is 0 Å². The SMILES string of the molecule is NC(CCCC(=O)[O-])C(=O)[O-].[Li+].[Li+]. The van der Waals surface area contributed by atoms with E-state index in [4.69, 9.17) is 5.73 Å². The van der Waals surface area contributed by atoms with Gasteiger partial charge in [-0.2, -0.15) is 0 Å². The van der Waals surface area contributed by atoms with Crippen molar-refractivity contribution in [3.05, 3.63) is 0 Å². The van der Waals surface area contributed by atoms with E-state index in [1.54, 1.807) is 0 Å². The Morgan fingerprint density at radius 3 is 2.00 bits per heavy atom. The Labute approximate surface area is 100 Å². The van der Waals surface area contributed by atoms with Crippen LogP contribution in [0.2, 0.25) is 0 Å². The van der Waals surface area contributed by atoms with Gasteiger partial charge < -0.3 is 25.5 Å². The second-order valence-corrected chi connectivity index (χ2v) is 2.19. The Morgan fingerprint density at radius 2 is 1.69 bits per heavy atom. The molecule has 0 aliphatic rings. The number of carboxylic acid groups (broad SMARTS) is 2. The molecular formula is C6H9Li2NO4. The van der Waals surface area contributed by atoms with Crippen molar-refractivity contribution >= 4 is 11.9 Å². The largest absolute Gasteiger partial charge is 1.00 e. The van der Waals surface area contributed by atoms with E-state index < -0.39 is 18.0 Å². The number of nitrogens with two attached hydrogens (primary N) is 1. The monoisotopic (exact) mass is 173 g/mol. The van der Waals surface area contributed by atoms with Crippen molar-refractivity contribution in [1.82, 2.24) is 0 Å². The molecule has 2 N–H and O–H groups in total. The molecule has 0 aromatic carbocycles. The van der Waals surface area contributed by atoms with Crippen LogP contribution >= 0.6 is 0 Å². The zero-order valence-corrected chi connectivity index (χ0v) is 7.91. The van der Waals surface area contributed by atoms with Gasteiger partial charge in [-0.1, -0.05) is 0 Å². The van der Waals surface area contributed by atoms with E-state index in [0.717, 1.165) is 0 Å². The van der Waals surface area contributed by atoms with Crippen LogP contribution in [-0.2, 0) is 9.59 Å². The van der Waals surface area contributed by atoms with Gasteiger partial charge in [-0.05, 0) is 19.3 Å². The summed E-state index contributed by atoms with van der Waals surface area (Å²) in [6, 6.07) is -1.07. The van der Waals surface area contributed by atoms with Gasteiger partial charge in [0, 0.05) is 12.0 Å². The molecule has 0 aliphatic heterocycles. The molecule has 0 spiro atoms. The second-order valence-electron chi connectivity index (χ2n) is 2.19. The van der Waals surface area contributed by atoms with E-state index in [2.05, 4.69) is 0 Å². The Morgan fingerprint density at radius 1 is 1.23 bits per heavy atom. The molecule has 0 bridgehead atoms. The molecule has 0 fully saturated rings. The van der Waals surface area contributed by atoms with Crippen LogP contribution in [0.15, 0.2) is 0 Å². The summed E-state index contributed by atoms with van der Waals surface area (Å²) in [6.45, 7) is 0. The molecule has 1 atom stereocenters. The first kappa shape index (κ1) is 18.8. The predicted molar refractivity (Wildman–Crippen MR) is 31.8 cm³/mol. The number of aliphatic carboxylic acids is 2. The first-order valence-electron chi connectivity index (χ1n) is 3.20. The van der Waals surface area contributed by atoms with E-state index in [-0.39, 0.29) is 57.0 Å². The third kappa shape index (κ3) is 12.1. The fraction of sp³-hybridized carbons (Fsp3) is 0.667. The van der Waals surface area contributed by atoms with Gasteiger partial charge in [0.2, 0.25) is 0 Å². The van der Waals surface area contributed by atoms with Crippen LogP contribution in [0.3, 0.4) is 0 Å². The van der Waals surface area contributed by atoms with Crippen LogP contribution in [0, 0.1) is 0 Å². The van der Waals surface area contributed by atoms with Gasteiger partial charge in [-0.3, -0.25) is 0 Å². The summed E-state index contributed by atoms with van der Waals surface area (Å²) in [4.78, 5) is 19.8. The summed E-state index contributed by atoms with van der Waals surface area (Å²) < 4.78 is 0. The van der Waals surface area contributed by atoms with Crippen LogP contribution in [-0.4, -0.2) is 18.0 Å². The number of hydrogen-bond acceptors (Lipinski definition) is 5. The molecule has 64 valence electrons. The maximum Gasteiger partial charge on any atom is 1.00 e. The molecule has 0 saturated heterocycles. The minimum absolute atomic E-state index is 0. The smallest absolute Gasteiger partial charge is 0.550 e. The summed E-state index contributed by atoms with van der Waals surface area (Å²) in [5.41, 5.74) is 5.03. The van der Waals surface area contributed by atoms with Crippen molar-refractivity contribution in [3.63, 3.8) is 0 Å². The number of rotatable bonds is 5. The van der Waals surface area contributed by atoms with Crippen LogP contribution < -0.4 is 53.7 Å². The molecule has 13 heavy (non-hydrogen) atoms. The fourth-order valence-corrected chi connectivity index (χ4v) is 0.584. The van der Waals surface area contributed by atoms with Crippen molar-refractivity contribution < 1.29 is 57.5 Å². The average molecular weight is 173 g/mol. The topological polar surface area (TPSA) is 106 Å². The van der Waals surface area contributed by atoms with E-state index in [1.807, 2.05) is 0 Å². The van der Waals surface area contributed by atoms with Crippen LogP contribution in [0.25, 0.3) is 0 Å². The maximum atomic E-state index is 9.98. The predicted octanol–water partition coefficient (Wildman–Crippen LogP) is -9.01. The summed E-state index contributed by atoms with van der Waals surface area (Å²) in [6.07, 6.45) is 0.148. The summed E-state index contributed by atoms with van der Waals surface area (Å²) in [5.74, 6) is -2.56. The van der Waals surface area contributed by atoms with Crippen molar-refractivity contribution in [2.75, 3.05) is 0 Å². The second kappa shape index (κ2) is 10.2. The van der Waals surface area contributed by atoms with E-state index in [0.29, 0.717) is 0 Å². The summed E-state index contributed by atoms with van der Waals surface area (Å²) in [7, 11) is 0. The first-order valence-corrected chi connectivity index (χ1v) is 3.20. The minimum Gasteiger partial charge on any atom is -0.550 e. The van der Waals surface area contributed by atoms with Crippen molar-refractivity contribution in [2.24, 2.45) is 5.73 Å². The molecule has 0 aliphatic carbocycles. The Hall–Kier alpha value is 0.0948. The van der Waals surface area contributed by atoms with Gasteiger partial charge in [0.1, 0.15) is 0 Å². The Kier molecular flexibility index (Phi) is 14.7. The fourth-order valence-electron chi connectivity index (χ4n) is 0.584. The van der Waals surface area contributed by atoms with Gasteiger partial charge in [-0.15, -0.1) is 0 Å². The van der Waals surface area contributed by atoms with E-state index >= 15 is 0 Å².